The van der Waals surface area contributed by atoms with Crippen molar-refractivity contribution >= 4 is 17.3 Å². The van der Waals surface area contributed by atoms with Crippen LogP contribution in [-0.2, 0) is 12.8 Å². The van der Waals surface area contributed by atoms with Crippen LogP contribution in [-0.4, -0.2) is 46.2 Å². The quantitative estimate of drug-likeness (QED) is 0.463. The Hall–Kier alpha value is -2.74. The van der Waals surface area contributed by atoms with Crippen molar-refractivity contribution in [3.8, 4) is 0 Å². The summed E-state index contributed by atoms with van der Waals surface area (Å²) in [4.78, 5) is 21.9. The molecule has 1 aliphatic heterocycles. The third kappa shape index (κ3) is 3.91. The number of nitrogens with one attached hydrogen (secondary N) is 1. The van der Waals surface area contributed by atoms with Gasteiger partial charge in [-0.05, 0) is 37.3 Å². The molecule has 0 unspecified atom stereocenters. The summed E-state index contributed by atoms with van der Waals surface area (Å²) < 4.78 is 0. The maximum atomic E-state index is 11.7. The van der Waals surface area contributed by atoms with Crippen LogP contribution in [0.2, 0.25) is 0 Å². The van der Waals surface area contributed by atoms with Crippen molar-refractivity contribution in [3.05, 3.63) is 51.3 Å². The monoisotopic (exact) mass is 357 g/mol. The molecular formula is C18H23N5O3. The standard InChI is InChI=1S/C18H23N5O3/c1-13-20-17(19-9-4-12-24)16(23(25)26)18(21-13)22-10-7-14-5-2-3-6-15(14)8-11-22/h2-3,5-6,24H,4,7-12H2,1H3,(H,19,20,21). The summed E-state index contributed by atoms with van der Waals surface area (Å²) in [6, 6.07) is 8.27. The average Bonchev–Trinajstić information content (AvgIpc) is 2.84. The van der Waals surface area contributed by atoms with Gasteiger partial charge in [0.2, 0.25) is 11.6 Å². The molecule has 2 N–H and O–H groups in total. The largest absolute Gasteiger partial charge is 0.396 e. The van der Waals surface area contributed by atoms with Crippen LogP contribution in [0.25, 0.3) is 0 Å². The third-order valence-electron chi connectivity index (χ3n) is 4.51. The molecule has 0 atom stereocenters. The first-order valence-corrected chi connectivity index (χ1v) is 8.79. The smallest absolute Gasteiger partial charge is 0.353 e. The van der Waals surface area contributed by atoms with E-state index in [9.17, 15) is 10.1 Å². The summed E-state index contributed by atoms with van der Waals surface area (Å²) in [6.07, 6.45) is 2.14. The molecule has 0 aliphatic carbocycles. The van der Waals surface area contributed by atoms with Gasteiger partial charge in [-0.25, -0.2) is 9.97 Å². The molecule has 8 nitrogen and oxygen atoms in total. The first-order chi connectivity index (χ1) is 12.6. The number of hydrogen-bond acceptors (Lipinski definition) is 7. The maximum Gasteiger partial charge on any atom is 0.353 e. The second-order valence-electron chi connectivity index (χ2n) is 6.31. The Morgan fingerprint density at radius 1 is 1.23 bits per heavy atom. The predicted octanol–water partition coefficient (Wildman–Crippen LogP) is 2.09. The number of aliphatic hydroxyl groups excluding tert-OH is 1. The molecule has 1 aliphatic rings. The molecule has 0 amide bonds. The number of benzene rings is 1. The third-order valence-corrected chi connectivity index (χ3v) is 4.51. The van der Waals surface area contributed by atoms with E-state index in [4.69, 9.17) is 5.11 Å². The van der Waals surface area contributed by atoms with Gasteiger partial charge in [-0.3, -0.25) is 10.1 Å². The van der Waals surface area contributed by atoms with Gasteiger partial charge in [0.1, 0.15) is 5.82 Å². The summed E-state index contributed by atoms with van der Waals surface area (Å²) in [6.45, 7) is 3.51. The number of rotatable bonds is 6. The Balaban J connectivity index is 1.92. The van der Waals surface area contributed by atoms with Crippen LogP contribution in [0.4, 0.5) is 17.3 Å². The fourth-order valence-electron chi connectivity index (χ4n) is 3.23. The number of anilines is 2. The zero-order chi connectivity index (χ0) is 18.5. The summed E-state index contributed by atoms with van der Waals surface area (Å²) >= 11 is 0. The lowest BCUT2D eigenvalue weighted by Crippen LogP contribution is -2.28. The molecule has 3 rings (SSSR count). The van der Waals surface area contributed by atoms with E-state index in [1.807, 2.05) is 17.0 Å². The molecular weight excluding hydrogens is 334 g/mol. The lowest BCUT2D eigenvalue weighted by molar-refractivity contribution is -0.383. The Morgan fingerprint density at radius 2 is 1.88 bits per heavy atom. The molecule has 2 aromatic rings. The number of aromatic nitrogens is 2. The van der Waals surface area contributed by atoms with Gasteiger partial charge in [0.05, 0.1) is 4.92 Å². The van der Waals surface area contributed by atoms with Crippen molar-refractivity contribution in [2.24, 2.45) is 0 Å². The molecule has 0 fully saturated rings. The van der Waals surface area contributed by atoms with Gasteiger partial charge in [0.25, 0.3) is 0 Å². The van der Waals surface area contributed by atoms with Gasteiger partial charge in [-0.1, -0.05) is 24.3 Å². The highest BCUT2D eigenvalue weighted by Crippen LogP contribution is 2.33. The number of aryl methyl sites for hydroxylation is 1. The van der Waals surface area contributed by atoms with Crippen molar-refractivity contribution in [1.82, 2.24) is 9.97 Å². The Morgan fingerprint density at radius 3 is 2.46 bits per heavy atom. The van der Waals surface area contributed by atoms with E-state index in [0.29, 0.717) is 37.7 Å². The number of aliphatic hydroxyl groups is 1. The topological polar surface area (TPSA) is 104 Å². The van der Waals surface area contributed by atoms with E-state index in [2.05, 4.69) is 27.4 Å². The molecule has 0 saturated heterocycles. The average molecular weight is 357 g/mol. The van der Waals surface area contributed by atoms with Crippen LogP contribution in [0.1, 0.15) is 23.4 Å². The van der Waals surface area contributed by atoms with Crippen molar-refractivity contribution < 1.29 is 10.0 Å². The summed E-state index contributed by atoms with van der Waals surface area (Å²) in [7, 11) is 0. The van der Waals surface area contributed by atoms with Crippen molar-refractivity contribution in [3.63, 3.8) is 0 Å². The van der Waals surface area contributed by atoms with Crippen LogP contribution in [0.3, 0.4) is 0 Å². The van der Waals surface area contributed by atoms with E-state index in [1.54, 1.807) is 6.92 Å². The van der Waals surface area contributed by atoms with Crippen LogP contribution in [0.15, 0.2) is 24.3 Å². The molecule has 0 saturated carbocycles. The fraction of sp³-hybridized carbons (Fsp3) is 0.444. The normalized spacial score (nSPS) is 13.8. The van der Waals surface area contributed by atoms with E-state index >= 15 is 0 Å². The van der Waals surface area contributed by atoms with Gasteiger partial charge in [-0.15, -0.1) is 0 Å². The van der Waals surface area contributed by atoms with Crippen LogP contribution in [0, 0.1) is 17.0 Å². The second kappa shape index (κ2) is 8.09. The number of nitro groups is 1. The minimum atomic E-state index is -0.423. The second-order valence-corrected chi connectivity index (χ2v) is 6.31. The first-order valence-electron chi connectivity index (χ1n) is 8.79. The minimum Gasteiger partial charge on any atom is -0.396 e. The predicted molar refractivity (Wildman–Crippen MR) is 99.7 cm³/mol. The van der Waals surface area contributed by atoms with Crippen molar-refractivity contribution in [1.29, 1.82) is 0 Å². The van der Waals surface area contributed by atoms with E-state index in [-0.39, 0.29) is 18.1 Å². The van der Waals surface area contributed by atoms with Gasteiger partial charge in [-0.2, -0.15) is 0 Å². The summed E-state index contributed by atoms with van der Waals surface area (Å²) in [5.41, 5.74) is 2.47. The highest BCUT2D eigenvalue weighted by atomic mass is 16.6. The van der Waals surface area contributed by atoms with E-state index < -0.39 is 4.92 Å². The number of nitrogens with zero attached hydrogens (tertiary/aromatic N) is 4. The summed E-state index contributed by atoms with van der Waals surface area (Å²) in [5.74, 6) is 1.06. The Kier molecular flexibility index (Phi) is 5.62. The lowest BCUT2D eigenvalue weighted by Gasteiger charge is -2.22. The van der Waals surface area contributed by atoms with Crippen LogP contribution < -0.4 is 10.2 Å². The molecule has 1 aromatic heterocycles. The van der Waals surface area contributed by atoms with Crippen LogP contribution >= 0.6 is 0 Å². The van der Waals surface area contributed by atoms with E-state index in [0.717, 1.165) is 12.8 Å². The SMILES string of the molecule is Cc1nc(NCCCO)c([N+](=O)[O-])c(N2CCc3ccccc3CC2)n1. The van der Waals surface area contributed by atoms with E-state index in [1.165, 1.54) is 11.1 Å². The highest BCUT2D eigenvalue weighted by molar-refractivity contribution is 5.71. The van der Waals surface area contributed by atoms with Crippen molar-refractivity contribution in [2.45, 2.75) is 26.2 Å². The highest BCUT2D eigenvalue weighted by Gasteiger charge is 2.29. The Bertz CT molecular complexity index is 769. The number of fused-ring (bicyclic) bond motifs is 1. The molecule has 0 bridgehead atoms. The lowest BCUT2D eigenvalue weighted by atomic mass is 10.0. The maximum absolute atomic E-state index is 11.7. The Labute approximate surface area is 152 Å². The molecule has 26 heavy (non-hydrogen) atoms. The fourth-order valence-corrected chi connectivity index (χ4v) is 3.23. The van der Waals surface area contributed by atoms with Gasteiger partial charge in [0.15, 0.2) is 0 Å². The van der Waals surface area contributed by atoms with Gasteiger partial charge < -0.3 is 15.3 Å². The molecule has 2 heterocycles. The van der Waals surface area contributed by atoms with Gasteiger partial charge >= 0.3 is 5.69 Å². The minimum absolute atomic E-state index is 0.0160. The number of hydrogen-bond donors (Lipinski definition) is 2. The first kappa shape index (κ1) is 18.1. The van der Waals surface area contributed by atoms with Gasteiger partial charge in [0, 0.05) is 26.2 Å². The van der Waals surface area contributed by atoms with Crippen LogP contribution in [0.5, 0.6) is 0 Å². The summed E-state index contributed by atoms with van der Waals surface area (Å²) in [5, 5.41) is 23.7. The molecule has 0 spiro atoms. The molecule has 8 heteroatoms. The van der Waals surface area contributed by atoms with Crippen molar-refractivity contribution in [2.75, 3.05) is 36.5 Å². The molecule has 138 valence electrons. The molecule has 0 radical (unpaired) electrons. The zero-order valence-electron chi connectivity index (χ0n) is 14.8. The molecule has 1 aromatic carbocycles. The zero-order valence-corrected chi connectivity index (χ0v) is 14.8.